The summed E-state index contributed by atoms with van der Waals surface area (Å²) in [4.78, 5) is 22.3. The highest BCUT2D eigenvalue weighted by molar-refractivity contribution is 5.93. The number of nitrogens with one attached hydrogen (secondary N) is 2. The van der Waals surface area contributed by atoms with Crippen molar-refractivity contribution in [2.24, 2.45) is 5.73 Å². The van der Waals surface area contributed by atoms with Gasteiger partial charge in [-0.1, -0.05) is 0 Å². The lowest BCUT2D eigenvalue weighted by molar-refractivity contribution is -0.119. The van der Waals surface area contributed by atoms with E-state index in [-0.39, 0.29) is 12.5 Å². The molecule has 0 atom stereocenters. The fourth-order valence-electron chi connectivity index (χ4n) is 1.44. The Morgan fingerprint density at radius 3 is 2.53 bits per heavy atom. The Bertz CT molecular complexity index is 418. The summed E-state index contributed by atoms with van der Waals surface area (Å²) in [7, 11) is 1.62. The second kappa shape index (κ2) is 8.10. The number of anilines is 1. The molecule has 104 valence electrons. The Kier molecular flexibility index (Phi) is 6.38. The highest BCUT2D eigenvalue weighted by atomic mass is 16.5. The molecule has 1 rings (SSSR count). The molecular weight excluding hydrogens is 246 g/mol. The lowest BCUT2D eigenvalue weighted by Crippen LogP contribution is -2.31. The molecule has 0 heterocycles. The Balaban J connectivity index is 2.28. The van der Waals surface area contributed by atoms with Crippen LogP contribution in [0.15, 0.2) is 24.3 Å². The molecule has 19 heavy (non-hydrogen) atoms. The second-order valence-electron chi connectivity index (χ2n) is 3.99. The molecule has 6 heteroatoms. The first-order valence-corrected chi connectivity index (χ1v) is 6.03. The first-order chi connectivity index (χ1) is 9.13. The Labute approximate surface area is 112 Å². The van der Waals surface area contributed by atoms with Crippen LogP contribution in [0.1, 0.15) is 16.8 Å². The molecule has 1 aromatic carbocycles. The van der Waals surface area contributed by atoms with Gasteiger partial charge in [-0.2, -0.15) is 0 Å². The molecule has 6 nitrogen and oxygen atoms in total. The summed E-state index contributed by atoms with van der Waals surface area (Å²) < 4.78 is 4.88. The molecule has 0 bridgehead atoms. The number of primary amides is 1. The van der Waals surface area contributed by atoms with Crippen molar-refractivity contribution in [1.29, 1.82) is 0 Å². The molecule has 0 aromatic heterocycles. The van der Waals surface area contributed by atoms with E-state index in [0.29, 0.717) is 18.7 Å². The summed E-state index contributed by atoms with van der Waals surface area (Å²) in [6.45, 7) is 1.40. The van der Waals surface area contributed by atoms with Crippen molar-refractivity contribution in [1.82, 2.24) is 5.32 Å². The zero-order valence-electron chi connectivity index (χ0n) is 10.9. The van der Waals surface area contributed by atoms with E-state index >= 15 is 0 Å². The number of nitrogens with two attached hydrogens (primary N) is 1. The summed E-state index contributed by atoms with van der Waals surface area (Å²) in [6.07, 6.45) is 0.787. The lowest BCUT2D eigenvalue weighted by Gasteiger charge is -2.08. The minimum absolute atomic E-state index is 0.0879. The minimum atomic E-state index is -0.470. The number of rotatable bonds is 8. The van der Waals surface area contributed by atoms with Gasteiger partial charge >= 0.3 is 0 Å². The van der Waals surface area contributed by atoms with Crippen LogP contribution < -0.4 is 16.4 Å². The maximum Gasteiger partial charge on any atom is 0.248 e. The molecular formula is C13H19N3O3. The van der Waals surface area contributed by atoms with Gasteiger partial charge in [-0.3, -0.25) is 9.59 Å². The van der Waals surface area contributed by atoms with Crippen LogP contribution in [-0.4, -0.2) is 38.6 Å². The van der Waals surface area contributed by atoms with E-state index in [1.54, 1.807) is 31.4 Å². The van der Waals surface area contributed by atoms with Crippen LogP contribution in [0.5, 0.6) is 0 Å². The molecule has 0 radical (unpaired) electrons. The van der Waals surface area contributed by atoms with Crippen molar-refractivity contribution in [3.05, 3.63) is 29.8 Å². The van der Waals surface area contributed by atoms with Crippen molar-refractivity contribution in [3.63, 3.8) is 0 Å². The molecule has 1 aromatic rings. The van der Waals surface area contributed by atoms with E-state index in [9.17, 15) is 9.59 Å². The average Bonchev–Trinajstić information content (AvgIpc) is 2.42. The van der Waals surface area contributed by atoms with Gasteiger partial charge < -0.3 is 21.1 Å². The lowest BCUT2D eigenvalue weighted by atomic mass is 10.2. The Hall–Kier alpha value is -2.08. The van der Waals surface area contributed by atoms with Crippen molar-refractivity contribution < 1.29 is 14.3 Å². The van der Waals surface area contributed by atoms with E-state index in [4.69, 9.17) is 10.5 Å². The third-order valence-corrected chi connectivity index (χ3v) is 2.47. The predicted octanol–water partition coefficient (Wildman–Crippen LogP) is 0.350. The predicted molar refractivity (Wildman–Crippen MR) is 73.0 cm³/mol. The number of methoxy groups -OCH3 is 1. The van der Waals surface area contributed by atoms with Crippen molar-refractivity contribution in [3.8, 4) is 0 Å². The quantitative estimate of drug-likeness (QED) is 0.591. The number of amides is 2. The van der Waals surface area contributed by atoms with Gasteiger partial charge in [-0.25, -0.2) is 0 Å². The molecule has 0 fully saturated rings. The molecule has 0 aliphatic heterocycles. The average molecular weight is 265 g/mol. The number of carbonyl (C=O) groups excluding carboxylic acids is 2. The maximum atomic E-state index is 11.5. The fourth-order valence-corrected chi connectivity index (χ4v) is 1.44. The number of hydrogen-bond acceptors (Lipinski definition) is 4. The number of hydrogen-bond donors (Lipinski definition) is 3. The van der Waals surface area contributed by atoms with Gasteiger partial charge in [-0.15, -0.1) is 0 Å². The first-order valence-electron chi connectivity index (χ1n) is 6.03. The number of benzene rings is 1. The van der Waals surface area contributed by atoms with Crippen LogP contribution in [0, 0.1) is 0 Å². The van der Waals surface area contributed by atoms with E-state index in [1.807, 2.05) is 0 Å². The van der Waals surface area contributed by atoms with Gasteiger partial charge in [0.15, 0.2) is 0 Å². The summed E-state index contributed by atoms with van der Waals surface area (Å²) >= 11 is 0. The monoisotopic (exact) mass is 265 g/mol. The van der Waals surface area contributed by atoms with Gasteiger partial charge in [0.05, 0.1) is 6.54 Å². The smallest absolute Gasteiger partial charge is 0.248 e. The van der Waals surface area contributed by atoms with Crippen molar-refractivity contribution in [2.75, 3.05) is 32.1 Å². The standard InChI is InChI=1S/C13H19N3O3/c1-19-8-2-7-15-12(17)9-16-11-5-3-10(4-6-11)13(14)18/h3-6,16H,2,7-9H2,1H3,(H2,14,18)(H,15,17). The van der Waals surface area contributed by atoms with E-state index < -0.39 is 5.91 Å². The molecule has 0 saturated heterocycles. The zero-order chi connectivity index (χ0) is 14.1. The minimum Gasteiger partial charge on any atom is -0.385 e. The molecule has 0 saturated carbocycles. The van der Waals surface area contributed by atoms with Gasteiger partial charge in [0.1, 0.15) is 0 Å². The van der Waals surface area contributed by atoms with Crippen molar-refractivity contribution >= 4 is 17.5 Å². The summed E-state index contributed by atoms with van der Waals surface area (Å²) in [5.74, 6) is -0.558. The number of ether oxygens (including phenoxy) is 1. The first kappa shape index (κ1) is 15.0. The summed E-state index contributed by atoms with van der Waals surface area (Å²) in [5, 5.41) is 5.72. The Morgan fingerprint density at radius 2 is 1.95 bits per heavy atom. The van der Waals surface area contributed by atoms with E-state index in [0.717, 1.165) is 12.1 Å². The number of carbonyl (C=O) groups is 2. The van der Waals surface area contributed by atoms with Crippen LogP contribution in [0.4, 0.5) is 5.69 Å². The summed E-state index contributed by atoms with van der Waals surface area (Å²) in [6, 6.07) is 6.64. The van der Waals surface area contributed by atoms with E-state index in [2.05, 4.69) is 10.6 Å². The third-order valence-electron chi connectivity index (χ3n) is 2.47. The highest BCUT2D eigenvalue weighted by Crippen LogP contribution is 2.08. The van der Waals surface area contributed by atoms with Crippen LogP contribution in [0.3, 0.4) is 0 Å². The maximum absolute atomic E-state index is 11.5. The van der Waals surface area contributed by atoms with E-state index in [1.165, 1.54) is 0 Å². The topological polar surface area (TPSA) is 93.4 Å². The molecule has 0 spiro atoms. The van der Waals surface area contributed by atoms with Gasteiger partial charge in [-0.05, 0) is 30.7 Å². The third kappa shape index (κ3) is 5.87. The SMILES string of the molecule is COCCCNC(=O)CNc1ccc(C(N)=O)cc1. The molecule has 0 aliphatic carbocycles. The van der Waals surface area contributed by atoms with Crippen LogP contribution in [0.2, 0.25) is 0 Å². The zero-order valence-corrected chi connectivity index (χ0v) is 10.9. The fraction of sp³-hybridized carbons (Fsp3) is 0.385. The molecule has 0 unspecified atom stereocenters. The van der Waals surface area contributed by atoms with Gasteiger partial charge in [0.2, 0.25) is 11.8 Å². The van der Waals surface area contributed by atoms with Crippen molar-refractivity contribution in [2.45, 2.75) is 6.42 Å². The normalized spacial score (nSPS) is 9.95. The summed E-state index contributed by atoms with van der Waals surface area (Å²) in [5.41, 5.74) is 6.33. The van der Waals surface area contributed by atoms with Crippen LogP contribution >= 0.6 is 0 Å². The molecule has 2 amide bonds. The van der Waals surface area contributed by atoms with Crippen LogP contribution in [-0.2, 0) is 9.53 Å². The molecule has 4 N–H and O–H groups in total. The largest absolute Gasteiger partial charge is 0.385 e. The second-order valence-corrected chi connectivity index (χ2v) is 3.99. The molecule has 0 aliphatic rings. The van der Waals surface area contributed by atoms with Crippen LogP contribution in [0.25, 0.3) is 0 Å². The highest BCUT2D eigenvalue weighted by Gasteiger charge is 2.02. The van der Waals surface area contributed by atoms with Gasteiger partial charge in [0.25, 0.3) is 0 Å². The Morgan fingerprint density at radius 1 is 1.26 bits per heavy atom. The van der Waals surface area contributed by atoms with Gasteiger partial charge in [0, 0.05) is 31.5 Å².